The lowest BCUT2D eigenvalue weighted by molar-refractivity contribution is 0.240. The molecule has 0 radical (unpaired) electrons. The van der Waals surface area contributed by atoms with Crippen molar-refractivity contribution in [3.8, 4) is 0 Å². The lowest BCUT2D eigenvalue weighted by Gasteiger charge is -2.30. The van der Waals surface area contributed by atoms with Gasteiger partial charge < -0.3 is 15.5 Å². The molecule has 2 heterocycles. The van der Waals surface area contributed by atoms with Gasteiger partial charge in [-0.15, -0.1) is 11.3 Å². The van der Waals surface area contributed by atoms with Crippen LogP contribution in [-0.2, 0) is 13.1 Å². The molecule has 5 nitrogen and oxygen atoms in total. The molecule has 0 unspecified atom stereocenters. The molecule has 1 aliphatic rings. The number of aromatic nitrogens is 1. The van der Waals surface area contributed by atoms with Crippen LogP contribution in [0.4, 0.5) is 10.5 Å². The van der Waals surface area contributed by atoms with Gasteiger partial charge in [-0.1, -0.05) is 18.2 Å². The Morgan fingerprint density at radius 2 is 1.92 bits per heavy atom. The van der Waals surface area contributed by atoms with Crippen LogP contribution in [0.15, 0.2) is 29.8 Å². The van der Waals surface area contributed by atoms with Gasteiger partial charge in [0, 0.05) is 30.2 Å². The largest absolute Gasteiger partial charge is 0.371 e. The standard InChI is InChI=1S/C18H24N4OS/c1-14-17(24-13-21-14)12-20-18(23)19-11-15-7-3-4-8-16(15)22-9-5-2-6-10-22/h3-4,7-8,13H,2,5-6,9-12H2,1H3,(H2,19,20,23). The Labute approximate surface area is 147 Å². The van der Waals surface area contributed by atoms with Gasteiger partial charge in [0.1, 0.15) is 0 Å². The molecule has 0 bridgehead atoms. The number of hydrogen-bond acceptors (Lipinski definition) is 4. The van der Waals surface area contributed by atoms with E-state index in [1.165, 1.54) is 30.5 Å². The van der Waals surface area contributed by atoms with E-state index in [1.807, 2.05) is 13.0 Å². The van der Waals surface area contributed by atoms with Crippen molar-refractivity contribution < 1.29 is 4.79 Å². The van der Waals surface area contributed by atoms with Gasteiger partial charge in [-0.2, -0.15) is 0 Å². The molecule has 2 amide bonds. The summed E-state index contributed by atoms with van der Waals surface area (Å²) in [5.41, 5.74) is 5.20. The Balaban J connectivity index is 1.54. The number of para-hydroxylation sites is 1. The second-order valence-corrected chi connectivity index (χ2v) is 7.01. The van der Waals surface area contributed by atoms with Crippen LogP contribution in [0.3, 0.4) is 0 Å². The highest BCUT2D eigenvalue weighted by Crippen LogP contribution is 2.24. The molecule has 2 aromatic rings. The van der Waals surface area contributed by atoms with E-state index in [1.54, 1.807) is 16.8 Å². The van der Waals surface area contributed by atoms with Gasteiger partial charge in [-0.05, 0) is 37.8 Å². The van der Waals surface area contributed by atoms with E-state index in [9.17, 15) is 4.79 Å². The number of nitrogens with zero attached hydrogens (tertiary/aromatic N) is 2. The third kappa shape index (κ3) is 4.26. The van der Waals surface area contributed by atoms with Crippen LogP contribution in [-0.4, -0.2) is 24.1 Å². The number of hydrogen-bond donors (Lipinski definition) is 2. The van der Waals surface area contributed by atoms with E-state index < -0.39 is 0 Å². The summed E-state index contributed by atoms with van der Waals surface area (Å²) in [5, 5.41) is 5.87. The predicted octanol–water partition coefficient (Wildman–Crippen LogP) is 3.44. The highest BCUT2D eigenvalue weighted by molar-refractivity contribution is 7.09. The predicted molar refractivity (Wildman–Crippen MR) is 98.4 cm³/mol. The Bertz CT molecular complexity index is 679. The molecule has 0 aliphatic carbocycles. The topological polar surface area (TPSA) is 57.3 Å². The lowest BCUT2D eigenvalue weighted by atomic mass is 10.1. The maximum Gasteiger partial charge on any atom is 0.315 e. The van der Waals surface area contributed by atoms with E-state index in [0.29, 0.717) is 13.1 Å². The first-order chi connectivity index (χ1) is 11.7. The number of aryl methyl sites for hydroxylation is 1. The first-order valence-electron chi connectivity index (χ1n) is 8.47. The molecule has 0 spiro atoms. The second-order valence-electron chi connectivity index (χ2n) is 6.07. The van der Waals surface area contributed by atoms with E-state index in [0.717, 1.165) is 23.7 Å². The van der Waals surface area contributed by atoms with Gasteiger partial charge >= 0.3 is 6.03 Å². The number of piperidine rings is 1. The summed E-state index contributed by atoms with van der Waals surface area (Å²) in [7, 11) is 0. The van der Waals surface area contributed by atoms with Crippen LogP contribution in [0, 0.1) is 6.92 Å². The molecule has 24 heavy (non-hydrogen) atoms. The maximum atomic E-state index is 12.1. The summed E-state index contributed by atoms with van der Waals surface area (Å²) < 4.78 is 0. The highest BCUT2D eigenvalue weighted by atomic mass is 32.1. The number of amides is 2. The fraction of sp³-hybridized carbons (Fsp3) is 0.444. The van der Waals surface area contributed by atoms with Crippen LogP contribution < -0.4 is 15.5 Å². The van der Waals surface area contributed by atoms with E-state index in [-0.39, 0.29) is 6.03 Å². The summed E-state index contributed by atoms with van der Waals surface area (Å²) >= 11 is 1.57. The van der Waals surface area contributed by atoms with Gasteiger partial charge in [-0.25, -0.2) is 9.78 Å². The molecule has 128 valence electrons. The number of nitrogens with one attached hydrogen (secondary N) is 2. The van der Waals surface area contributed by atoms with Gasteiger partial charge in [0.2, 0.25) is 0 Å². The molecule has 1 aliphatic heterocycles. The summed E-state index contributed by atoms with van der Waals surface area (Å²) in [6.45, 7) is 5.23. The molecule has 0 saturated carbocycles. The first kappa shape index (κ1) is 16.8. The van der Waals surface area contributed by atoms with Crippen LogP contribution in [0.1, 0.15) is 35.4 Å². The summed E-state index contributed by atoms with van der Waals surface area (Å²) in [6.07, 6.45) is 3.81. The monoisotopic (exact) mass is 344 g/mol. The molecule has 1 fully saturated rings. The average Bonchev–Trinajstić information content (AvgIpc) is 3.04. The Kier molecular flexibility index (Phi) is 5.69. The number of anilines is 1. The number of thiazole rings is 1. The Hall–Kier alpha value is -2.08. The normalized spacial score (nSPS) is 14.5. The SMILES string of the molecule is Cc1ncsc1CNC(=O)NCc1ccccc1N1CCCCC1. The zero-order valence-electron chi connectivity index (χ0n) is 14.0. The van der Waals surface area contributed by atoms with Crippen molar-refractivity contribution in [2.24, 2.45) is 0 Å². The third-order valence-electron chi connectivity index (χ3n) is 4.38. The van der Waals surface area contributed by atoms with Crippen molar-refractivity contribution in [3.63, 3.8) is 0 Å². The minimum absolute atomic E-state index is 0.142. The van der Waals surface area contributed by atoms with Crippen molar-refractivity contribution in [1.82, 2.24) is 15.6 Å². The number of carbonyl (C=O) groups is 1. The molecule has 0 atom stereocenters. The summed E-state index contributed by atoms with van der Waals surface area (Å²) in [6, 6.07) is 8.21. The number of urea groups is 1. The summed E-state index contributed by atoms with van der Waals surface area (Å²) in [4.78, 5) is 19.8. The fourth-order valence-corrected chi connectivity index (χ4v) is 3.71. The molecule has 1 aromatic heterocycles. The lowest BCUT2D eigenvalue weighted by Crippen LogP contribution is -2.35. The van der Waals surface area contributed by atoms with Crippen molar-refractivity contribution in [2.75, 3.05) is 18.0 Å². The minimum atomic E-state index is -0.142. The van der Waals surface area contributed by atoms with Crippen molar-refractivity contribution in [2.45, 2.75) is 39.3 Å². The quantitative estimate of drug-likeness (QED) is 0.873. The maximum absolute atomic E-state index is 12.1. The van der Waals surface area contributed by atoms with Crippen molar-refractivity contribution in [3.05, 3.63) is 45.9 Å². The highest BCUT2D eigenvalue weighted by Gasteiger charge is 2.14. The number of rotatable bonds is 5. The fourth-order valence-electron chi connectivity index (χ4n) is 3.00. The van der Waals surface area contributed by atoms with E-state index in [4.69, 9.17) is 0 Å². The zero-order valence-corrected chi connectivity index (χ0v) is 14.9. The van der Waals surface area contributed by atoms with Gasteiger partial charge in [-0.3, -0.25) is 0 Å². The Morgan fingerprint density at radius 1 is 1.17 bits per heavy atom. The molecular formula is C18H24N4OS. The van der Waals surface area contributed by atoms with Crippen LogP contribution in [0.25, 0.3) is 0 Å². The van der Waals surface area contributed by atoms with E-state index >= 15 is 0 Å². The molecule has 3 rings (SSSR count). The Morgan fingerprint density at radius 3 is 2.67 bits per heavy atom. The van der Waals surface area contributed by atoms with Gasteiger partial charge in [0.25, 0.3) is 0 Å². The van der Waals surface area contributed by atoms with Crippen molar-refractivity contribution in [1.29, 1.82) is 0 Å². The number of benzene rings is 1. The van der Waals surface area contributed by atoms with Crippen molar-refractivity contribution >= 4 is 23.1 Å². The van der Waals surface area contributed by atoms with Crippen LogP contribution in [0.2, 0.25) is 0 Å². The molecule has 6 heteroatoms. The van der Waals surface area contributed by atoms with Gasteiger partial charge in [0.15, 0.2) is 0 Å². The van der Waals surface area contributed by atoms with Crippen LogP contribution in [0.5, 0.6) is 0 Å². The third-order valence-corrected chi connectivity index (χ3v) is 5.32. The first-order valence-corrected chi connectivity index (χ1v) is 9.35. The van der Waals surface area contributed by atoms with Gasteiger partial charge in [0.05, 0.1) is 17.7 Å². The smallest absolute Gasteiger partial charge is 0.315 e. The molecule has 2 N–H and O–H groups in total. The van der Waals surface area contributed by atoms with Crippen LogP contribution >= 0.6 is 11.3 Å². The molecular weight excluding hydrogens is 320 g/mol. The number of carbonyl (C=O) groups excluding carboxylic acids is 1. The average molecular weight is 344 g/mol. The zero-order chi connectivity index (χ0) is 16.8. The molecule has 1 saturated heterocycles. The summed E-state index contributed by atoms with van der Waals surface area (Å²) in [5.74, 6) is 0. The van der Waals surface area contributed by atoms with E-state index in [2.05, 4.69) is 38.7 Å². The minimum Gasteiger partial charge on any atom is -0.371 e. The second kappa shape index (κ2) is 8.15. The molecule has 1 aromatic carbocycles.